The first-order chi connectivity index (χ1) is 12.8. The Labute approximate surface area is 161 Å². The average Bonchev–Trinajstić information content (AvgIpc) is 2.63. The maximum absolute atomic E-state index is 12.6. The Bertz CT molecular complexity index is 635. The quantitative estimate of drug-likeness (QED) is 0.445. The lowest BCUT2D eigenvalue weighted by atomic mass is 10.1. The molecule has 0 aromatic carbocycles. The number of guanidine groups is 1. The number of nitrogens with one attached hydrogen (secondary N) is 1. The number of ether oxygens (including phenoxy) is 2. The van der Waals surface area contributed by atoms with Crippen LogP contribution in [0.2, 0.25) is 5.02 Å². The van der Waals surface area contributed by atoms with Crippen molar-refractivity contribution in [2.45, 2.75) is 32.0 Å². The monoisotopic (exact) mass is 408 g/mol. The predicted octanol–water partition coefficient (Wildman–Crippen LogP) is 3.21. The molecule has 2 rings (SSSR count). The molecule has 0 aliphatic carbocycles. The summed E-state index contributed by atoms with van der Waals surface area (Å²) in [6, 6.07) is 0.804. The third kappa shape index (κ3) is 6.42. The minimum absolute atomic E-state index is 0.0287. The standard InChI is InChI=1S/C17H24ClF3N4O2/c1-3-26-13-4-7-25(8-5-13)16(22-2)23-6-9-27-15-14(18)10-12(11-24-15)17(19,20)21/h10-11,13H,3-9H2,1-2H3,(H,22,23). The van der Waals surface area contributed by atoms with Crippen LogP contribution in [0.5, 0.6) is 5.88 Å². The fourth-order valence-corrected chi connectivity index (χ4v) is 3.02. The van der Waals surface area contributed by atoms with E-state index in [1.807, 2.05) is 6.92 Å². The van der Waals surface area contributed by atoms with Crippen LogP contribution < -0.4 is 10.1 Å². The van der Waals surface area contributed by atoms with Crippen LogP contribution >= 0.6 is 11.6 Å². The van der Waals surface area contributed by atoms with Crippen LogP contribution in [0, 0.1) is 0 Å². The van der Waals surface area contributed by atoms with Gasteiger partial charge >= 0.3 is 6.18 Å². The van der Waals surface area contributed by atoms with Gasteiger partial charge in [0.05, 0.1) is 18.2 Å². The summed E-state index contributed by atoms with van der Waals surface area (Å²) >= 11 is 5.81. The van der Waals surface area contributed by atoms with E-state index in [0.717, 1.165) is 44.6 Å². The molecule has 1 aromatic heterocycles. The van der Waals surface area contributed by atoms with E-state index < -0.39 is 11.7 Å². The lowest BCUT2D eigenvalue weighted by Crippen LogP contribution is -2.47. The van der Waals surface area contributed by atoms with E-state index in [1.165, 1.54) is 0 Å². The number of piperidine rings is 1. The molecule has 1 saturated heterocycles. The summed E-state index contributed by atoms with van der Waals surface area (Å²) in [6.45, 7) is 5.00. The predicted molar refractivity (Wildman–Crippen MR) is 97.3 cm³/mol. The van der Waals surface area contributed by atoms with Gasteiger partial charge in [0.2, 0.25) is 5.88 Å². The van der Waals surface area contributed by atoms with Gasteiger partial charge < -0.3 is 19.7 Å². The summed E-state index contributed by atoms with van der Waals surface area (Å²) in [6.07, 6.45) is -1.61. The second-order valence-corrected chi connectivity index (χ2v) is 6.38. The fraction of sp³-hybridized carbons (Fsp3) is 0.647. The molecule has 1 aromatic rings. The zero-order valence-corrected chi connectivity index (χ0v) is 16.1. The molecule has 0 saturated carbocycles. The molecule has 1 aliphatic rings. The van der Waals surface area contributed by atoms with Crippen LogP contribution in [0.3, 0.4) is 0 Å². The number of aromatic nitrogens is 1. The van der Waals surface area contributed by atoms with Crippen molar-refractivity contribution in [1.29, 1.82) is 0 Å². The van der Waals surface area contributed by atoms with Crippen LogP contribution in [-0.2, 0) is 10.9 Å². The van der Waals surface area contributed by atoms with Crippen molar-refractivity contribution >= 4 is 17.6 Å². The van der Waals surface area contributed by atoms with Crippen LogP contribution in [0.1, 0.15) is 25.3 Å². The van der Waals surface area contributed by atoms with Crippen molar-refractivity contribution in [3.8, 4) is 5.88 Å². The zero-order chi connectivity index (χ0) is 19.9. The van der Waals surface area contributed by atoms with E-state index in [0.29, 0.717) is 18.8 Å². The van der Waals surface area contributed by atoms with Crippen molar-refractivity contribution < 1.29 is 22.6 Å². The highest BCUT2D eigenvalue weighted by Gasteiger charge is 2.31. The number of rotatable bonds is 6. The summed E-state index contributed by atoms with van der Waals surface area (Å²) in [5, 5.41) is 3.00. The summed E-state index contributed by atoms with van der Waals surface area (Å²) < 4.78 is 48.8. The summed E-state index contributed by atoms with van der Waals surface area (Å²) in [5.41, 5.74) is -0.908. The SMILES string of the molecule is CCOC1CCN(C(=NC)NCCOc2ncc(C(F)(F)F)cc2Cl)CC1. The molecule has 27 heavy (non-hydrogen) atoms. The molecule has 2 heterocycles. The highest BCUT2D eigenvalue weighted by Crippen LogP contribution is 2.32. The van der Waals surface area contributed by atoms with Crippen LogP contribution in [-0.4, -0.2) is 61.8 Å². The van der Waals surface area contributed by atoms with Gasteiger partial charge in [-0.3, -0.25) is 4.99 Å². The summed E-state index contributed by atoms with van der Waals surface area (Å²) in [7, 11) is 1.70. The van der Waals surface area contributed by atoms with Gasteiger partial charge in [-0.05, 0) is 25.8 Å². The van der Waals surface area contributed by atoms with E-state index in [-0.39, 0.29) is 17.5 Å². The van der Waals surface area contributed by atoms with Gasteiger partial charge in [-0.15, -0.1) is 0 Å². The molecule has 0 unspecified atom stereocenters. The molecule has 6 nitrogen and oxygen atoms in total. The number of hydrogen-bond donors (Lipinski definition) is 1. The topological polar surface area (TPSA) is 59.0 Å². The smallest absolute Gasteiger partial charge is 0.417 e. The summed E-state index contributed by atoms with van der Waals surface area (Å²) in [5.74, 6) is 0.721. The van der Waals surface area contributed by atoms with Crippen LogP contribution in [0.25, 0.3) is 0 Å². The number of hydrogen-bond acceptors (Lipinski definition) is 4. The largest absolute Gasteiger partial charge is 0.475 e. The molecule has 0 bridgehead atoms. The Balaban J connectivity index is 1.77. The number of nitrogens with zero attached hydrogens (tertiary/aromatic N) is 3. The van der Waals surface area contributed by atoms with E-state index in [4.69, 9.17) is 21.1 Å². The lowest BCUT2D eigenvalue weighted by Gasteiger charge is -2.34. The van der Waals surface area contributed by atoms with Gasteiger partial charge in [0.1, 0.15) is 11.6 Å². The first-order valence-electron chi connectivity index (χ1n) is 8.77. The minimum atomic E-state index is -4.49. The number of pyridine rings is 1. The molecule has 0 radical (unpaired) electrons. The fourth-order valence-electron chi connectivity index (χ4n) is 2.80. The molecule has 1 fully saturated rings. The third-order valence-corrected chi connectivity index (χ3v) is 4.39. The molecule has 1 N–H and O–H groups in total. The number of likely N-dealkylation sites (tertiary alicyclic amines) is 1. The van der Waals surface area contributed by atoms with E-state index in [9.17, 15) is 13.2 Å². The van der Waals surface area contributed by atoms with Crippen molar-refractivity contribution in [1.82, 2.24) is 15.2 Å². The molecule has 0 spiro atoms. The van der Waals surface area contributed by atoms with Gasteiger partial charge in [-0.2, -0.15) is 13.2 Å². The van der Waals surface area contributed by atoms with E-state index in [1.54, 1.807) is 7.05 Å². The minimum Gasteiger partial charge on any atom is -0.475 e. The van der Waals surface area contributed by atoms with Gasteiger partial charge in [-0.25, -0.2) is 4.98 Å². The molecule has 10 heteroatoms. The zero-order valence-electron chi connectivity index (χ0n) is 15.4. The Hall–Kier alpha value is -1.74. The van der Waals surface area contributed by atoms with Crippen molar-refractivity contribution in [3.05, 3.63) is 22.8 Å². The lowest BCUT2D eigenvalue weighted by molar-refractivity contribution is -0.137. The molecule has 1 aliphatic heterocycles. The molecule has 0 amide bonds. The first kappa shape index (κ1) is 21.6. The Morgan fingerprint density at radius 2 is 2.11 bits per heavy atom. The molecular weight excluding hydrogens is 385 g/mol. The first-order valence-corrected chi connectivity index (χ1v) is 9.15. The molecule has 0 atom stereocenters. The van der Waals surface area contributed by atoms with Crippen LogP contribution in [0.4, 0.5) is 13.2 Å². The molecular formula is C17H24ClF3N4O2. The second kappa shape index (κ2) is 9.98. The van der Waals surface area contributed by atoms with Crippen LogP contribution in [0.15, 0.2) is 17.3 Å². The average molecular weight is 409 g/mol. The van der Waals surface area contributed by atoms with E-state index >= 15 is 0 Å². The highest BCUT2D eigenvalue weighted by atomic mass is 35.5. The van der Waals surface area contributed by atoms with Gasteiger partial charge in [-0.1, -0.05) is 11.6 Å². The Morgan fingerprint density at radius 3 is 2.67 bits per heavy atom. The molecule has 152 valence electrons. The number of halogens is 4. The maximum Gasteiger partial charge on any atom is 0.417 e. The van der Waals surface area contributed by atoms with Crippen molar-refractivity contribution in [2.75, 3.05) is 39.9 Å². The van der Waals surface area contributed by atoms with E-state index in [2.05, 4.69) is 20.2 Å². The number of aliphatic imine (C=N–C) groups is 1. The van der Waals surface area contributed by atoms with Crippen molar-refractivity contribution in [2.24, 2.45) is 4.99 Å². The Morgan fingerprint density at radius 1 is 1.41 bits per heavy atom. The summed E-state index contributed by atoms with van der Waals surface area (Å²) in [4.78, 5) is 10.0. The van der Waals surface area contributed by atoms with Crippen molar-refractivity contribution in [3.63, 3.8) is 0 Å². The normalized spacial score (nSPS) is 16.5. The highest BCUT2D eigenvalue weighted by molar-refractivity contribution is 6.31. The van der Waals surface area contributed by atoms with Gasteiger partial charge in [0.15, 0.2) is 5.96 Å². The number of alkyl halides is 3. The van der Waals surface area contributed by atoms with Gasteiger partial charge in [0, 0.05) is 32.9 Å². The third-order valence-electron chi connectivity index (χ3n) is 4.11. The van der Waals surface area contributed by atoms with Gasteiger partial charge in [0.25, 0.3) is 0 Å². The maximum atomic E-state index is 12.6. The Kier molecular flexibility index (Phi) is 7.97. The second-order valence-electron chi connectivity index (χ2n) is 5.97.